The van der Waals surface area contributed by atoms with Gasteiger partial charge in [-0.15, -0.1) is 0 Å². The van der Waals surface area contributed by atoms with E-state index in [1.165, 1.54) is 0 Å². The lowest BCUT2D eigenvalue weighted by atomic mass is 10.1. The van der Waals surface area contributed by atoms with Crippen molar-refractivity contribution in [2.45, 2.75) is 6.18 Å². The van der Waals surface area contributed by atoms with E-state index < -0.39 is 11.7 Å². The molecule has 0 saturated carbocycles. The van der Waals surface area contributed by atoms with Gasteiger partial charge in [-0.3, -0.25) is 0 Å². The summed E-state index contributed by atoms with van der Waals surface area (Å²) in [4.78, 5) is 0. The Bertz CT molecular complexity index is 312. The molecule has 0 fully saturated rings. The number of rotatable bonds is 0. The molecule has 72 valence electrons. The van der Waals surface area contributed by atoms with Gasteiger partial charge < -0.3 is 11.5 Å². The smallest absolute Gasteiger partial charge is 0.397 e. The first-order chi connectivity index (χ1) is 5.82. The molecule has 0 aliphatic carbocycles. The van der Waals surface area contributed by atoms with Crippen LogP contribution < -0.4 is 11.5 Å². The fourth-order valence-electron chi connectivity index (χ4n) is 0.834. The van der Waals surface area contributed by atoms with Crippen LogP contribution in [0.4, 0.5) is 24.5 Å². The first kappa shape index (κ1) is 9.98. The Morgan fingerprint density at radius 2 is 1.46 bits per heavy atom. The molecule has 2 nitrogen and oxygen atoms in total. The summed E-state index contributed by atoms with van der Waals surface area (Å²) in [5.41, 5.74) is 9.17. The molecule has 13 heavy (non-hydrogen) atoms. The van der Waals surface area contributed by atoms with E-state index in [-0.39, 0.29) is 16.4 Å². The van der Waals surface area contributed by atoms with Crippen LogP contribution >= 0.6 is 11.6 Å². The standard InChI is InChI=1S/C7H6ClF3N2/c8-6-4(12)1-3(2-5(6)13)7(9,10)11/h1-2H,12-13H2. The molecule has 0 aliphatic rings. The highest BCUT2D eigenvalue weighted by atomic mass is 35.5. The van der Waals surface area contributed by atoms with Crippen molar-refractivity contribution in [1.29, 1.82) is 0 Å². The molecule has 0 aromatic heterocycles. The van der Waals surface area contributed by atoms with Gasteiger partial charge in [0.1, 0.15) is 0 Å². The number of nitrogen functional groups attached to an aromatic ring is 2. The van der Waals surface area contributed by atoms with Gasteiger partial charge in [0, 0.05) is 0 Å². The lowest BCUT2D eigenvalue weighted by Crippen LogP contribution is -2.07. The number of hydrogen-bond donors (Lipinski definition) is 2. The third-order valence-corrected chi connectivity index (χ3v) is 1.89. The van der Waals surface area contributed by atoms with Crippen LogP contribution in [-0.2, 0) is 6.18 Å². The number of nitrogens with two attached hydrogens (primary N) is 2. The molecule has 0 spiro atoms. The van der Waals surface area contributed by atoms with Crippen LogP contribution in [-0.4, -0.2) is 0 Å². The highest BCUT2D eigenvalue weighted by Gasteiger charge is 2.31. The molecule has 0 saturated heterocycles. The van der Waals surface area contributed by atoms with Gasteiger partial charge in [0.05, 0.1) is 22.0 Å². The van der Waals surface area contributed by atoms with E-state index in [4.69, 9.17) is 23.1 Å². The normalized spacial score (nSPS) is 11.7. The van der Waals surface area contributed by atoms with Gasteiger partial charge in [-0.05, 0) is 12.1 Å². The maximum atomic E-state index is 12.1. The first-order valence-corrected chi connectivity index (χ1v) is 3.62. The quantitative estimate of drug-likeness (QED) is 0.647. The van der Waals surface area contributed by atoms with Gasteiger partial charge >= 0.3 is 6.18 Å². The van der Waals surface area contributed by atoms with E-state index in [2.05, 4.69) is 0 Å². The maximum absolute atomic E-state index is 12.1. The predicted octanol–water partition coefficient (Wildman–Crippen LogP) is 2.52. The summed E-state index contributed by atoms with van der Waals surface area (Å²) >= 11 is 5.48. The number of benzene rings is 1. The zero-order valence-electron chi connectivity index (χ0n) is 6.32. The van der Waals surface area contributed by atoms with Crippen LogP contribution in [0.15, 0.2) is 12.1 Å². The lowest BCUT2D eigenvalue weighted by Gasteiger charge is -2.09. The molecule has 1 aromatic rings. The van der Waals surface area contributed by atoms with Crippen molar-refractivity contribution in [2.24, 2.45) is 0 Å². The van der Waals surface area contributed by atoms with Crippen molar-refractivity contribution >= 4 is 23.0 Å². The number of hydrogen-bond acceptors (Lipinski definition) is 2. The van der Waals surface area contributed by atoms with E-state index in [0.717, 1.165) is 12.1 Å². The van der Waals surface area contributed by atoms with Crippen molar-refractivity contribution in [2.75, 3.05) is 11.5 Å². The molecule has 0 unspecified atom stereocenters. The van der Waals surface area contributed by atoms with Crippen molar-refractivity contribution in [1.82, 2.24) is 0 Å². The molecule has 1 rings (SSSR count). The van der Waals surface area contributed by atoms with Crippen molar-refractivity contribution in [3.8, 4) is 0 Å². The Kier molecular flexibility index (Phi) is 2.30. The fourth-order valence-corrected chi connectivity index (χ4v) is 0.943. The van der Waals surface area contributed by atoms with Crippen molar-refractivity contribution in [3.63, 3.8) is 0 Å². The Morgan fingerprint density at radius 3 is 1.77 bits per heavy atom. The highest BCUT2D eigenvalue weighted by Crippen LogP contribution is 2.35. The second kappa shape index (κ2) is 2.99. The van der Waals surface area contributed by atoms with Crippen LogP contribution in [0.1, 0.15) is 5.56 Å². The zero-order valence-corrected chi connectivity index (χ0v) is 7.08. The molecule has 0 atom stereocenters. The summed E-state index contributed by atoms with van der Waals surface area (Å²) in [6.45, 7) is 0. The predicted molar refractivity (Wildman–Crippen MR) is 45.3 cm³/mol. The largest absolute Gasteiger partial charge is 0.416 e. The summed E-state index contributed by atoms with van der Waals surface area (Å²) in [7, 11) is 0. The zero-order chi connectivity index (χ0) is 10.2. The molecule has 0 aliphatic heterocycles. The topological polar surface area (TPSA) is 52.0 Å². The van der Waals surface area contributed by atoms with Crippen LogP contribution in [0.25, 0.3) is 0 Å². The minimum Gasteiger partial charge on any atom is -0.397 e. The first-order valence-electron chi connectivity index (χ1n) is 3.24. The molecule has 4 N–H and O–H groups in total. The molecule has 6 heteroatoms. The van der Waals surface area contributed by atoms with Crippen molar-refractivity contribution < 1.29 is 13.2 Å². The van der Waals surface area contributed by atoms with E-state index in [0.29, 0.717) is 0 Å². The highest BCUT2D eigenvalue weighted by molar-refractivity contribution is 6.35. The van der Waals surface area contributed by atoms with E-state index in [1.807, 2.05) is 0 Å². The van der Waals surface area contributed by atoms with Crippen LogP contribution in [0.3, 0.4) is 0 Å². The number of anilines is 2. The summed E-state index contributed by atoms with van der Waals surface area (Å²) in [6, 6.07) is 1.50. The summed E-state index contributed by atoms with van der Waals surface area (Å²) in [5, 5.41) is -0.0481. The molecular weight excluding hydrogens is 205 g/mol. The van der Waals surface area contributed by atoms with E-state index >= 15 is 0 Å². The summed E-state index contributed by atoms with van der Waals surface area (Å²) in [5.74, 6) is 0. The Hall–Kier alpha value is -1.10. The van der Waals surface area contributed by atoms with Crippen LogP contribution in [0.5, 0.6) is 0 Å². The third-order valence-electron chi connectivity index (χ3n) is 1.46. The molecule has 0 heterocycles. The van der Waals surface area contributed by atoms with E-state index in [1.54, 1.807) is 0 Å². The average Bonchev–Trinajstić information content (AvgIpc) is 1.97. The van der Waals surface area contributed by atoms with Gasteiger partial charge in [-0.2, -0.15) is 13.2 Å². The average molecular weight is 211 g/mol. The monoisotopic (exact) mass is 210 g/mol. The van der Waals surface area contributed by atoms with E-state index in [9.17, 15) is 13.2 Å². The number of halogens is 4. The number of alkyl halides is 3. The van der Waals surface area contributed by atoms with Gasteiger partial charge in [0.15, 0.2) is 0 Å². The lowest BCUT2D eigenvalue weighted by molar-refractivity contribution is -0.137. The Labute approximate surface area is 77.3 Å². The summed E-state index contributed by atoms with van der Waals surface area (Å²) < 4.78 is 36.4. The molecule has 0 amide bonds. The summed E-state index contributed by atoms with van der Waals surface area (Å²) in [6.07, 6.45) is -4.45. The molecular formula is C7H6ClF3N2. The van der Waals surface area contributed by atoms with Gasteiger partial charge in [0.2, 0.25) is 0 Å². The van der Waals surface area contributed by atoms with Gasteiger partial charge in [-0.25, -0.2) is 0 Å². The molecule has 0 bridgehead atoms. The Morgan fingerprint density at radius 1 is 1.08 bits per heavy atom. The SMILES string of the molecule is Nc1cc(C(F)(F)F)cc(N)c1Cl. The molecule has 0 radical (unpaired) electrons. The van der Waals surface area contributed by atoms with Crippen LogP contribution in [0, 0.1) is 0 Å². The Balaban J connectivity index is 3.29. The van der Waals surface area contributed by atoms with Gasteiger partial charge in [-0.1, -0.05) is 11.6 Å². The second-order valence-corrected chi connectivity index (χ2v) is 2.84. The fraction of sp³-hybridized carbons (Fsp3) is 0.143. The third kappa shape index (κ3) is 1.98. The minimum absolute atomic E-state index is 0.0481. The van der Waals surface area contributed by atoms with Crippen molar-refractivity contribution in [3.05, 3.63) is 22.7 Å². The second-order valence-electron chi connectivity index (χ2n) is 2.47. The molecule has 1 aromatic carbocycles. The minimum atomic E-state index is -4.45. The van der Waals surface area contributed by atoms with Crippen LogP contribution in [0.2, 0.25) is 5.02 Å². The van der Waals surface area contributed by atoms with Gasteiger partial charge in [0.25, 0.3) is 0 Å². The maximum Gasteiger partial charge on any atom is 0.416 e.